The highest BCUT2D eigenvalue weighted by molar-refractivity contribution is 6.02. The van der Waals surface area contributed by atoms with Gasteiger partial charge in [-0.2, -0.15) is 0 Å². The maximum absolute atomic E-state index is 13.3. The minimum absolute atomic E-state index is 0.00547. The Morgan fingerprint density at radius 1 is 1.11 bits per heavy atom. The van der Waals surface area contributed by atoms with Crippen LogP contribution in [0, 0.1) is 17.5 Å². The quantitative estimate of drug-likeness (QED) is 0.811. The van der Waals surface area contributed by atoms with Crippen LogP contribution in [0.2, 0.25) is 0 Å². The van der Waals surface area contributed by atoms with E-state index in [0.29, 0.717) is 6.07 Å². The van der Waals surface area contributed by atoms with E-state index in [1.54, 1.807) is 0 Å². The molecule has 1 aromatic heterocycles. The summed E-state index contributed by atoms with van der Waals surface area (Å²) in [4.78, 5) is 11.5. The van der Waals surface area contributed by atoms with Gasteiger partial charge in [0.05, 0.1) is 5.69 Å². The fraction of sp³-hybridized carbons (Fsp3) is 0. The van der Waals surface area contributed by atoms with Crippen LogP contribution in [0.1, 0.15) is 10.6 Å². The first-order chi connectivity index (χ1) is 8.49. The number of nitrogen functional groups attached to an aromatic ring is 1. The van der Waals surface area contributed by atoms with Gasteiger partial charge in [0.1, 0.15) is 0 Å². The van der Waals surface area contributed by atoms with Gasteiger partial charge in [-0.25, -0.2) is 13.2 Å². The molecule has 0 atom stereocenters. The van der Waals surface area contributed by atoms with E-state index in [2.05, 4.69) is 0 Å². The number of carbonyl (C=O) groups is 1. The lowest BCUT2D eigenvalue weighted by Crippen LogP contribution is -2.13. The number of halogens is 3. The van der Waals surface area contributed by atoms with Crippen LogP contribution in [0.15, 0.2) is 28.7 Å². The first-order valence-corrected chi connectivity index (χ1v) is 4.79. The maximum atomic E-state index is 13.3. The lowest BCUT2D eigenvalue weighted by molar-refractivity contribution is 0.0997. The summed E-state index contributed by atoms with van der Waals surface area (Å²) < 4.78 is 43.6. The molecule has 0 fully saturated rings. The molecule has 0 aliphatic rings. The molecule has 0 saturated heterocycles. The molecule has 94 valence electrons. The summed E-state index contributed by atoms with van der Waals surface area (Å²) in [5.74, 6) is -5.47. The van der Waals surface area contributed by atoms with Crippen LogP contribution in [-0.4, -0.2) is 5.91 Å². The fourth-order valence-corrected chi connectivity index (χ4v) is 1.28. The van der Waals surface area contributed by atoms with Crippen LogP contribution in [0.4, 0.5) is 24.7 Å². The maximum Gasteiger partial charge on any atom is 0.291 e. The molecule has 0 saturated carbocycles. The molecule has 18 heavy (non-hydrogen) atoms. The molecular formula is C11H7F3N2O2. The summed E-state index contributed by atoms with van der Waals surface area (Å²) in [5, 5.41) is 2.04. The first-order valence-electron chi connectivity index (χ1n) is 4.79. The molecule has 0 aliphatic heterocycles. The second-order valence-corrected chi connectivity index (χ2v) is 3.38. The van der Waals surface area contributed by atoms with Crippen LogP contribution in [-0.2, 0) is 0 Å². The molecule has 1 aromatic carbocycles. The average molecular weight is 256 g/mol. The normalized spacial score (nSPS) is 10.4. The second-order valence-electron chi connectivity index (χ2n) is 3.38. The van der Waals surface area contributed by atoms with Crippen LogP contribution in [0.25, 0.3) is 0 Å². The third kappa shape index (κ3) is 2.15. The Balaban J connectivity index is 2.25. The van der Waals surface area contributed by atoms with Crippen LogP contribution in [0.5, 0.6) is 0 Å². The molecule has 0 unspecified atom stereocenters. The van der Waals surface area contributed by atoms with E-state index >= 15 is 0 Å². The molecule has 2 aromatic rings. The Morgan fingerprint density at radius 3 is 2.44 bits per heavy atom. The first kappa shape index (κ1) is 12.0. The highest BCUT2D eigenvalue weighted by atomic mass is 19.2. The third-order valence-corrected chi connectivity index (χ3v) is 2.13. The number of rotatable bonds is 2. The standard InChI is InChI=1S/C11H7F3N2O2/c12-5-1-2-6(10(14)9(5)13)16-11(17)7-3-4-8(15)18-7/h1-4H,15H2,(H,16,17). The van der Waals surface area contributed by atoms with Crippen LogP contribution in [0.3, 0.4) is 0 Å². The smallest absolute Gasteiger partial charge is 0.291 e. The van der Waals surface area contributed by atoms with Gasteiger partial charge in [0, 0.05) is 6.07 Å². The molecular weight excluding hydrogens is 249 g/mol. The predicted molar refractivity (Wildman–Crippen MR) is 57.4 cm³/mol. The minimum atomic E-state index is -1.66. The Labute approximate surface area is 99.2 Å². The molecule has 4 nitrogen and oxygen atoms in total. The van der Waals surface area contributed by atoms with E-state index in [1.807, 2.05) is 5.32 Å². The van der Waals surface area contributed by atoms with Gasteiger partial charge in [0.25, 0.3) is 5.91 Å². The number of hydrogen-bond acceptors (Lipinski definition) is 3. The van der Waals surface area contributed by atoms with Crippen molar-refractivity contribution in [2.45, 2.75) is 0 Å². The molecule has 7 heteroatoms. The summed E-state index contributed by atoms with van der Waals surface area (Å²) >= 11 is 0. The number of nitrogens with two attached hydrogens (primary N) is 1. The molecule has 2 rings (SSSR count). The highest BCUT2D eigenvalue weighted by Crippen LogP contribution is 2.20. The Kier molecular flexibility index (Phi) is 2.97. The summed E-state index contributed by atoms with van der Waals surface area (Å²) in [5.41, 5.74) is 4.76. The summed E-state index contributed by atoms with van der Waals surface area (Å²) in [6.07, 6.45) is 0. The van der Waals surface area contributed by atoms with Crippen molar-refractivity contribution in [3.8, 4) is 0 Å². The number of furan rings is 1. The van der Waals surface area contributed by atoms with E-state index in [4.69, 9.17) is 10.2 Å². The average Bonchev–Trinajstić information content (AvgIpc) is 2.77. The molecule has 1 heterocycles. The molecule has 0 aliphatic carbocycles. The summed E-state index contributed by atoms with van der Waals surface area (Å²) in [7, 11) is 0. The number of anilines is 2. The number of carbonyl (C=O) groups excluding carboxylic acids is 1. The lowest BCUT2D eigenvalue weighted by Gasteiger charge is -2.05. The number of amides is 1. The van der Waals surface area contributed by atoms with E-state index in [9.17, 15) is 18.0 Å². The highest BCUT2D eigenvalue weighted by Gasteiger charge is 2.17. The molecule has 1 amide bonds. The van der Waals surface area contributed by atoms with Gasteiger partial charge in [-0.15, -0.1) is 0 Å². The Hall–Kier alpha value is -2.44. The van der Waals surface area contributed by atoms with E-state index in [1.165, 1.54) is 12.1 Å². The van der Waals surface area contributed by atoms with Crippen molar-refractivity contribution in [2.75, 3.05) is 11.1 Å². The predicted octanol–water partition coefficient (Wildman–Crippen LogP) is 2.53. The summed E-state index contributed by atoms with van der Waals surface area (Å²) in [6.45, 7) is 0. The third-order valence-electron chi connectivity index (χ3n) is 2.13. The minimum Gasteiger partial charge on any atom is -0.436 e. The topological polar surface area (TPSA) is 68.3 Å². The Bertz CT molecular complexity index is 610. The van der Waals surface area contributed by atoms with Crippen molar-refractivity contribution in [3.63, 3.8) is 0 Å². The van der Waals surface area contributed by atoms with Crippen molar-refractivity contribution in [1.29, 1.82) is 0 Å². The second kappa shape index (κ2) is 4.44. The zero-order chi connectivity index (χ0) is 13.3. The van der Waals surface area contributed by atoms with E-state index in [-0.39, 0.29) is 11.6 Å². The van der Waals surface area contributed by atoms with Crippen molar-refractivity contribution in [2.24, 2.45) is 0 Å². The van der Waals surface area contributed by atoms with Crippen LogP contribution >= 0.6 is 0 Å². The molecule has 3 N–H and O–H groups in total. The molecule has 0 spiro atoms. The van der Waals surface area contributed by atoms with Gasteiger partial charge >= 0.3 is 0 Å². The Morgan fingerprint density at radius 2 is 1.83 bits per heavy atom. The largest absolute Gasteiger partial charge is 0.436 e. The fourth-order valence-electron chi connectivity index (χ4n) is 1.28. The van der Waals surface area contributed by atoms with Crippen molar-refractivity contribution in [3.05, 3.63) is 47.5 Å². The molecule has 0 bridgehead atoms. The zero-order valence-corrected chi connectivity index (χ0v) is 8.84. The zero-order valence-electron chi connectivity index (χ0n) is 8.84. The summed E-state index contributed by atoms with van der Waals surface area (Å²) in [6, 6.07) is 4.20. The van der Waals surface area contributed by atoms with E-state index < -0.39 is 29.0 Å². The van der Waals surface area contributed by atoms with Crippen molar-refractivity contribution >= 4 is 17.5 Å². The number of nitrogens with one attached hydrogen (secondary N) is 1. The van der Waals surface area contributed by atoms with Crippen LogP contribution < -0.4 is 11.1 Å². The van der Waals surface area contributed by atoms with Gasteiger partial charge in [-0.05, 0) is 18.2 Å². The molecule has 0 radical (unpaired) electrons. The SMILES string of the molecule is Nc1ccc(C(=O)Nc2ccc(F)c(F)c2F)o1. The van der Waals surface area contributed by atoms with Gasteiger partial charge < -0.3 is 15.5 Å². The monoisotopic (exact) mass is 256 g/mol. The van der Waals surface area contributed by atoms with Gasteiger partial charge in [-0.3, -0.25) is 4.79 Å². The number of benzene rings is 1. The van der Waals surface area contributed by atoms with E-state index in [0.717, 1.165) is 6.07 Å². The number of hydrogen-bond donors (Lipinski definition) is 2. The lowest BCUT2D eigenvalue weighted by atomic mass is 10.2. The van der Waals surface area contributed by atoms with Gasteiger partial charge in [-0.1, -0.05) is 0 Å². The van der Waals surface area contributed by atoms with Gasteiger partial charge in [0.2, 0.25) is 0 Å². The van der Waals surface area contributed by atoms with Crippen molar-refractivity contribution in [1.82, 2.24) is 0 Å². The van der Waals surface area contributed by atoms with Crippen molar-refractivity contribution < 1.29 is 22.4 Å². The van der Waals surface area contributed by atoms with Gasteiger partial charge in [0.15, 0.2) is 29.1 Å².